The highest BCUT2D eigenvalue weighted by Gasteiger charge is 2.38. The van der Waals surface area contributed by atoms with Gasteiger partial charge < -0.3 is 5.73 Å². The molecule has 3 atom stereocenters. The second kappa shape index (κ2) is 12.8. The van der Waals surface area contributed by atoms with Crippen LogP contribution in [0, 0.1) is 23.2 Å². The van der Waals surface area contributed by atoms with E-state index in [1.165, 1.54) is 108 Å². The molecule has 2 aliphatic rings. The Hall–Kier alpha value is -0.790. The van der Waals surface area contributed by atoms with Crippen LogP contribution < -0.4 is 5.73 Å². The zero-order chi connectivity index (χ0) is 21.1. The molecule has 0 aromatic rings. The zero-order valence-electron chi connectivity index (χ0n) is 19.9. The van der Waals surface area contributed by atoms with E-state index in [1.54, 1.807) is 0 Å². The summed E-state index contributed by atoms with van der Waals surface area (Å²) in [6.07, 6.45) is 23.7. The van der Waals surface area contributed by atoms with E-state index in [9.17, 15) is 0 Å². The van der Waals surface area contributed by atoms with Crippen LogP contribution in [0.5, 0.6) is 0 Å². The predicted molar refractivity (Wildman–Crippen MR) is 129 cm³/mol. The average molecular weight is 403 g/mol. The molecule has 29 heavy (non-hydrogen) atoms. The largest absolute Gasteiger partial charge is 0.390 e. The van der Waals surface area contributed by atoms with Crippen LogP contribution >= 0.6 is 0 Å². The van der Waals surface area contributed by atoms with E-state index in [0.717, 1.165) is 24.2 Å². The van der Waals surface area contributed by atoms with Crippen molar-refractivity contribution in [1.82, 2.24) is 0 Å². The van der Waals surface area contributed by atoms with Crippen molar-refractivity contribution >= 4 is 6.34 Å². The van der Waals surface area contributed by atoms with Gasteiger partial charge in [-0.2, -0.15) is 0 Å². The Labute approximate surface area is 182 Å². The highest BCUT2D eigenvalue weighted by atomic mass is 14.8. The quantitative estimate of drug-likeness (QED) is 0.152. The highest BCUT2D eigenvalue weighted by Crippen LogP contribution is 2.47. The van der Waals surface area contributed by atoms with Crippen molar-refractivity contribution in [2.45, 2.75) is 130 Å². The summed E-state index contributed by atoms with van der Waals surface area (Å²) < 4.78 is 0. The molecule has 168 valence electrons. The minimum atomic E-state index is 0.159. The molecule has 2 N–H and O–H groups in total. The molecular weight excluding hydrogens is 352 g/mol. The maximum absolute atomic E-state index is 5.77. The summed E-state index contributed by atoms with van der Waals surface area (Å²) in [5.74, 6) is 2.58. The second-order valence-electron chi connectivity index (χ2n) is 10.7. The summed E-state index contributed by atoms with van der Waals surface area (Å²) >= 11 is 0. The van der Waals surface area contributed by atoms with Gasteiger partial charge in [0.05, 0.1) is 12.4 Å². The lowest BCUT2D eigenvalue weighted by Crippen LogP contribution is -2.34. The fourth-order valence-corrected chi connectivity index (χ4v) is 6.07. The van der Waals surface area contributed by atoms with Crippen LogP contribution in [0.1, 0.15) is 124 Å². The number of hydrogen-bond acceptors (Lipinski definition) is 1. The van der Waals surface area contributed by atoms with Crippen molar-refractivity contribution in [2.24, 2.45) is 33.9 Å². The fraction of sp³-hybridized carbons (Fsp3) is 0.889. The van der Waals surface area contributed by atoms with E-state index in [0.29, 0.717) is 0 Å². The Morgan fingerprint density at radius 2 is 1.72 bits per heavy atom. The third kappa shape index (κ3) is 7.76. The first kappa shape index (κ1) is 24.5. The van der Waals surface area contributed by atoms with Gasteiger partial charge in [-0.25, -0.2) is 0 Å². The maximum Gasteiger partial charge on any atom is 0.0805 e. The van der Waals surface area contributed by atoms with Gasteiger partial charge in [-0.05, 0) is 54.4 Å². The topological polar surface area (TPSA) is 38.4 Å². The number of aliphatic imine (C=N–C) groups is 1. The number of unbranched alkanes of at least 4 members (excludes halogenated alkanes) is 3. The Kier molecular flexibility index (Phi) is 10.8. The molecule has 3 unspecified atom stereocenters. The Morgan fingerprint density at radius 1 is 1.00 bits per heavy atom. The van der Waals surface area contributed by atoms with Gasteiger partial charge in [0.15, 0.2) is 0 Å². The van der Waals surface area contributed by atoms with E-state index in [2.05, 4.69) is 27.4 Å². The number of nitrogens with two attached hydrogens (primary N) is 1. The monoisotopic (exact) mass is 402 g/mol. The third-order valence-electron chi connectivity index (χ3n) is 8.34. The molecule has 0 heterocycles. The summed E-state index contributed by atoms with van der Waals surface area (Å²) in [7, 11) is 0. The van der Waals surface area contributed by atoms with Crippen molar-refractivity contribution in [1.29, 1.82) is 0 Å². The first-order valence-corrected chi connectivity index (χ1v) is 12.9. The van der Waals surface area contributed by atoms with Crippen LogP contribution in [0.15, 0.2) is 17.1 Å². The fourth-order valence-electron chi connectivity index (χ4n) is 6.07. The maximum atomic E-state index is 5.77. The normalized spacial score (nSPS) is 25.3. The van der Waals surface area contributed by atoms with Crippen molar-refractivity contribution < 1.29 is 0 Å². The zero-order valence-corrected chi connectivity index (χ0v) is 19.9. The van der Waals surface area contributed by atoms with Crippen LogP contribution in [0.25, 0.3) is 0 Å². The SMILES string of the molecule is C=C(C(CCC1CCCCC1)N=CN)C(C)(C)C1CCCC(CCCCCC)C1. The van der Waals surface area contributed by atoms with Crippen molar-refractivity contribution in [2.75, 3.05) is 0 Å². The molecule has 0 radical (unpaired) electrons. The van der Waals surface area contributed by atoms with Crippen molar-refractivity contribution in [3.63, 3.8) is 0 Å². The van der Waals surface area contributed by atoms with Gasteiger partial charge >= 0.3 is 0 Å². The minimum Gasteiger partial charge on any atom is -0.390 e. The molecule has 0 aromatic carbocycles. The van der Waals surface area contributed by atoms with Gasteiger partial charge in [0, 0.05) is 0 Å². The molecule has 2 saturated carbocycles. The summed E-state index contributed by atoms with van der Waals surface area (Å²) in [4.78, 5) is 4.71. The molecule has 0 amide bonds. The van der Waals surface area contributed by atoms with Crippen LogP contribution in [-0.2, 0) is 0 Å². The smallest absolute Gasteiger partial charge is 0.0805 e. The summed E-state index contributed by atoms with van der Waals surface area (Å²) in [5.41, 5.74) is 7.26. The Bertz CT molecular complexity index is 487. The summed E-state index contributed by atoms with van der Waals surface area (Å²) in [5, 5.41) is 0. The Morgan fingerprint density at radius 3 is 2.41 bits per heavy atom. The van der Waals surface area contributed by atoms with Crippen molar-refractivity contribution in [3.8, 4) is 0 Å². The van der Waals surface area contributed by atoms with Gasteiger partial charge in [-0.1, -0.05) is 104 Å². The first-order valence-electron chi connectivity index (χ1n) is 12.9. The minimum absolute atomic E-state index is 0.159. The number of rotatable bonds is 12. The average Bonchev–Trinajstić information content (AvgIpc) is 2.74. The molecular formula is C27H50N2. The third-order valence-corrected chi connectivity index (χ3v) is 8.34. The van der Waals surface area contributed by atoms with E-state index in [4.69, 9.17) is 10.7 Å². The molecule has 0 saturated heterocycles. The highest BCUT2D eigenvalue weighted by molar-refractivity contribution is 5.52. The lowest BCUT2D eigenvalue weighted by atomic mass is 9.63. The van der Waals surface area contributed by atoms with Crippen LogP contribution in [0.4, 0.5) is 0 Å². The number of hydrogen-bond donors (Lipinski definition) is 1. The van der Waals surface area contributed by atoms with Crippen LogP contribution in [0.2, 0.25) is 0 Å². The van der Waals surface area contributed by atoms with Gasteiger partial charge in [0.25, 0.3) is 0 Å². The molecule has 0 aliphatic heterocycles. The van der Waals surface area contributed by atoms with Gasteiger partial charge in [0.1, 0.15) is 0 Å². The molecule has 0 bridgehead atoms. The van der Waals surface area contributed by atoms with Gasteiger partial charge in [-0.3, -0.25) is 4.99 Å². The van der Waals surface area contributed by atoms with Gasteiger partial charge in [0.2, 0.25) is 0 Å². The number of nitrogens with zero attached hydrogens (tertiary/aromatic N) is 1. The lowest BCUT2D eigenvalue weighted by Gasteiger charge is -2.43. The molecule has 2 nitrogen and oxygen atoms in total. The predicted octanol–water partition coefficient (Wildman–Crippen LogP) is 8.06. The summed E-state index contributed by atoms with van der Waals surface area (Å²) in [6.45, 7) is 11.8. The Balaban J connectivity index is 1.91. The van der Waals surface area contributed by atoms with E-state index in [1.807, 2.05) is 0 Å². The second-order valence-corrected chi connectivity index (χ2v) is 10.7. The van der Waals surface area contributed by atoms with E-state index in [-0.39, 0.29) is 11.5 Å². The lowest BCUT2D eigenvalue weighted by molar-refractivity contribution is 0.143. The van der Waals surface area contributed by atoms with Gasteiger partial charge in [-0.15, -0.1) is 0 Å². The summed E-state index contributed by atoms with van der Waals surface area (Å²) in [6, 6.07) is 0.210. The molecule has 2 fully saturated rings. The standard InChI is InChI=1S/C27H50N2/c1-5-6-7-9-15-24-16-12-17-25(20-24)27(3,4)22(2)26(29-21-28)19-18-23-13-10-8-11-14-23/h21,23-26H,2,5-20H2,1,3-4H3,(H2,28,29). The molecule has 2 heteroatoms. The first-order chi connectivity index (χ1) is 14.0. The van der Waals surface area contributed by atoms with E-state index >= 15 is 0 Å². The molecule has 0 spiro atoms. The molecule has 2 rings (SSSR count). The van der Waals surface area contributed by atoms with Crippen LogP contribution in [-0.4, -0.2) is 12.4 Å². The van der Waals surface area contributed by atoms with Crippen molar-refractivity contribution in [3.05, 3.63) is 12.2 Å². The van der Waals surface area contributed by atoms with Crippen LogP contribution in [0.3, 0.4) is 0 Å². The van der Waals surface area contributed by atoms with E-state index < -0.39 is 0 Å². The molecule has 2 aliphatic carbocycles. The molecule has 0 aromatic heterocycles.